The van der Waals surface area contributed by atoms with Crippen molar-refractivity contribution in [3.8, 4) is 17.2 Å². The van der Waals surface area contributed by atoms with Crippen molar-refractivity contribution in [3.05, 3.63) is 53.6 Å². The first-order valence-corrected chi connectivity index (χ1v) is 8.39. The fourth-order valence-corrected chi connectivity index (χ4v) is 2.25. The lowest BCUT2D eigenvalue weighted by Gasteiger charge is -2.09. The predicted molar refractivity (Wildman–Crippen MR) is 101 cm³/mol. The average molecular weight is 356 g/mol. The normalized spacial score (nSPS) is 11.0. The minimum atomic E-state index is -0.285. The second-order valence-electron chi connectivity index (χ2n) is 5.58. The lowest BCUT2D eigenvalue weighted by Crippen LogP contribution is -2.19. The first-order chi connectivity index (χ1) is 12.6. The maximum absolute atomic E-state index is 12.2. The molecule has 1 N–H and O–H groups in total. The van der Waals surface area contributed by atoms with E-state index in [-0.39, 0.29) is 5.91 Å². The Hall–Kier alpha value is -3.02. The zero-order valence-electron chi connectivity index (χ0n) is 15.5. The molecule has 0 unspecified atom stereocenters. The molecule has 0 bridgehead atoms. The Morgan fingerprint density at radius 1 is 1.00 bits per heavy atom. The lowest BCUT2D eigenvalue weighted by molar-refractivity contribution is 0.0955. The van der Waals surface area contributed by atoms with Crippen molar-refractivity contribution >= 4 is 11.6 Å². The third kappa shape index (κ3) is 4.99. The Bertz CT molecular complexity index is 770. The highest BCUT2D eigenvalue weighted by atomic mass is 16.5. The van der Waals surface area contributed by atoms with E-state index in [4.69, 9.17) is 14.2 Å². The smallest absolute Gasteiger partial charge is 0.271 e. The molecule has 1 amide bonds. The molecule has 0 aliphatic rings. The number of benzene rings is 2. The number of hydrazone groups is 1. The molecule has 0 saturated carbocycles. The Morgan fingerprint density at radius 3 is 2.27 bits per heavy atom. The standard InChI is InChI=1S/C20H24N2O4/c1-5-12-26-17-9-6-15(7-10-17)20(23)22-21-14(2)16-8-11-18(24-3)19(13-16)25-4/h6-11,13H,5,12H2,1-4H3,(H,22,23)/b21-14+. The maximum atomic E-state index is 12.2. The molecule has 0 saturated heterocycles. The average Bonchev–Trinajstić information content (AvgIpc) is 2.69. The van der Waals surface area contributed by atoms with Crippen LogP contribution in [0.1, 0.15) is 36.2 Å². The molecule has 0 aromatic heterocycles. The van der Waals surface area contributed by atoms with E-state index >= 15 is 0 Å². The maximum Gasteiger partial charge on any atom is 0.271 e. The van der Waals surface area contributed by atoms with Crippen molar-refractivity contribution < 1.29 is 19.0 Å². The molecule has 138 valence electrons. The van der Waals surface area contributed by atoms with E-state index in [1.807, 2.05) is 26.0 Å². The zero-order valence-corrected chi connectivity index (χ0v) is 15.5. The highest BCUT2D eigenvalue weighted by Crippen LogP contribution is 2.27. The van der Waals surface area contributed by atoms with Gasteiger partial charge in [-0.2, -0.15) is 5.10 Å². The van der Waals surface area contributed by atoms with Gasteiger partial charge < -0.3 is 14.2 Å². The molecule has 0 atom stereocenters. The first kappa shape index (κ1) is 19.3. The van der Waals surface area contributed by atoms with E-state index < -0.39 is 0 Å². The fourth-order valence-electron chi connectivity index (χ4n) is 2.25. The molecule has 0 spiro atoms. The third-order valence-electron chi connectivity index (χ3n) is 3.72. The number of nitrogens with zero attached hydrogens (tertiary/aromatic N) is 1. The number of methoxy groups -OCH3 is 2. The number of nitrogens with one attached hydrogen (secondary N) is 1. The SMILES string of the molecule is CCCOc1ccc(C(=O)N/N=C(\C)c2ccc(OC)c(OC)c2)cc1. The van der Waals surface area contributed by atoms with E-state index in [1.165, 1.54) is 0 Å². The Labute approximate surface area is 153 Å². The van der Waals surface area contributed by atoms with Crippen molar-refractivity contribution in [2.75, 3.05) is 20.8 Å². The molecule has 0 heterocycles. The molecule has 0 aliphatic carbocycles. The van der Waals surface area contributed by atoms with Crippen LogP contribution in [0, 0.1) is 0 Å². The fraction of sp³-hybridized carbons (Fsp3) is 0.300. The van der Waals surface area contributed by atoms with Crippen molar-refractivity contribution in [2.24, 2.45) is 5.10 Å². The van der Waals surface area contributed by atoms with Crippen LogP contribution in [0.15, 0.2) is 47.6 Å². The molecule has 6 heteroatoms. The summed E-state index contributed by atoms with van der Waals surface area (Å²) in [6.07, 6.45) is 0.937. The summed E-state index contributed by atoms with van der Waals surface area (Å²) in [5.41, 5.74) is 4.55. The second kappa shape index (κ2) is 9.46. The van der Waals surface area contributed by atoms with Crippen LogP contribution in [0.4, 0.5) is 0 Å². The van der Waals surface area contributed by atoms with Crippen LogP contribution in [0.25, 0.3) is 0 Å². The van der Waals surface area contributed by atoms with Gasteiger partial charge in [0.2, 0.25) is 0 Å². The van der Waals surface area contributed by atoms with Gasteiger partial charge in [-0.05, 0) is 55.8 Å². The topological polar surface area (TPSA) is 69.2 Å². The summed E-state index contributed by atoms with van der Waals surface area (Å²) in [4.78, 5) is 12.2. The second-order valence-corrected chi connectivity index (χ2v) is 5.58. The molecule has 6 nitrogen and oxygen atoms in total. The molecule has 2 rings (SSSR count). The van der Waals surface area contributed by atoms with Gasteiger partial charge in [0.25, 0.3) is 5.91 Å². The molecule has 26 heavy (non-hydrogen) atoms. The van der Waals surface area contributed by atoms with E-state index in [0.717, 1.165) is 17.7 Å². The molecule has 2 aromatic rings. The quantitative estimate of drug-likeness (QED) is 0.579. The van der Waals surface area contributed by atoms with Crippen molar-refractivity contribution in [1.82, 2.24) is 5.43 Å². The van der Waals surface area contributed by atoms with Gasteiger partial charge in [0.05, 0.1) is 26.5 Å². The van der Waals surface area contributed by atoms with Gasteiger partial charge in [-0.25, -0.2) is 5.43 Å². The number of ether oxygens (including phenoxy) is 3. The van der Waals surface area contributed by atoms with Gasteiger partial charge in [-0.3, -0.25) is 4.79 Å². The predicted octanol–water partition coefficient (Wildman–Crippen LogP) is 3.65. The van der Waals surface area contributed by atoms with E-state index in [9.17, 15) is 4.79 Å². The molecular weight excluding hydrogens is 332 g/mol. The summed E-state index contributed by atoms with van der Waals surface area (Å²) in [5.74, 6) is 1.70. The molecule has 0 radical (unpaired) electrons. The van der Waals surface area contributed by atoms with Crippen LogP contribution in [-0.2, 0) is 0 Å². The van der Waals surface area contributed by atoms with Crippen LogP contribution in [0.2, 0.25) is 0 Å². The van der Waals surface area contributed by atoms with Gasteiger partial charge in [-0.1, -0.05) is 6.92 Å². The summed E-state index contributed by atoms with van der Waals surface area (Å²) in [6.45, 7) is 4.50. The van der Waals surface area contributed by atoms with Gasteiger partial charge in [0.1, 0.15) is 5.75 Å². The summed E-state index contributed by atoms with van der Waals surface area (Å²) >= 11 is 0. The van der Waals surface area contributed by atoms with Gasteiger partial charge >= 0.3 is 0 Å². The Morgan fingerprint density at radius 2 is 1.65 bits per heavy atom. The third-order valence-corrected chi connectivity index (χ3v) is 3.72. The minimum absolute atomic E-state index is 0.285. The summed E-state index contributed by atoms with van der Waals surface area (Å²) < 4.78 is 16.0. The van der Waals surface area contributed by atoms with E-state index in [1.54, 1.807) is 44.6 Å². The van der Waals surface area contributed by atoms with Crippen LogP contribution >= 0.6 is 0 Å². The number of amides is 1. The summed E-state index contributed by atoms with van der Waals surface area (Å²) in [7, 11) is 3.15. The number of hydrogen-bond donors (Lipinski definition) is 1. The Kier molecular flexibility index (Phi) is 7.02. The molecule has 2 aromatic carbocycles. The molecule has 0 aliphatic heterocycles. The highest BCUT2D eigenvalue weighted by molar-refractivity contribution is 6.01. The number of carbonyl (C=O) groups is 1. The summed E-state index contributed by atoms with van der Waals surface area (Å²) in [5, 5.41) is 4.16. The molecule has 0 fully saturated rings. The minimum Gasteiger partial charge on any atom is -0.494 e. The summed E-state index contributed by atoms with van der Waals surface area (Å²) in [6, 6.07) is 12.4. The first-order valence-electron chi connectivity index (χ1n) is 8.39. The van der Waals surface area contributed by atoms with Gasteiger partial charge in [0.15, 0.2) is 11.5 Å². The zero-order chi connectivity index (χ0) is 18.9. The Balaban J connectivity index is 2.04. The van der Waals surface area contributed by atoms with Crippen molar-refractivity contribution in [3.63, 3.8) is 0 Å². The van der Waals surface area contributed by atoms with Crippen molar-refractivity contribution in [2.45, 2.75) is 20.3 Å². The van der Waals surface area contributed by atoms with Gasteiger partial charge in [0, 0.05) is 11.1 Å². The van der Waals surface area contributed by atoms with Crippen molar-refractivity contribution in [1.29, 1.82) is 0 Å². The largest absolute Gasteiger partial charge is 0.494 e. The lowest BCUT2D eigenvalue weighted by atomic mass is 10.1. The highest BCUT2D eigenvalue weighted by Gasteiger charge is 2.08. The monoisotopic (exact) mass is 356 g/mol. The van der Waals surface area contributed by atoms with E-state index in [0.29, 0.717) is 29.4 Å². The van der Waals surface area contributed by atoms with Crippen LogP contribution < -0.4 is 19.6 Å². The number of hydrogen-bond acceptors (Lipinski definition) is 5. The number of carbonyl (C=O) groups excluding carboxylic acids is 1. The van der Waals surface area contributed by atoms with E-state index in [2.05, 4.69) is 10.5 Å². The van der Waals surface area contributed by atoms with Crippen LogP contribution in [-0.4, -0.2) is 32.4 Å². The van der Waals surface area contributed by atoms with Crippen LogP contribution in [0.5, 0.6) is 17.2 Å². The van der Waals surface area contributed by atoms with Gasteiger partial charge in [-0.15, -0.1) is 0 Å². The van der Waals surface area contributed by atoms with Crippen LogP contribution in [0.3, 0.4) is 0 Å². The number of rotatable bonds is 8. The molecular formula is C20H24N2O4.